The largest absolute Gasteiger partial charge is 0.463 e. The van der Waals surface area contributed by atoms with E-state index in [9.17, 15) is 9.59 Å². The Balaban J connectivity index is 2.39. The van der Waals surface area contributed by atoms with Gasteiger partial charge in [-0.25, -0.2) is 9.59 Å². The van der Waals surface area contributed by atoms with Gasteiger partial charge in [-0.1, -0.05) is 11.6 Å². The first-order chi connectivity index (χ1) is 8.11. The van der Waals surface area contributed by atoms with Crippen LogP contribution in [0.25, 0.3) is 5.76 Å². The maximum absolute atomic E-state index is 11.5. The smallest absolute Gasteiger partial charge is 0.344 e. The molecule has 0 aromatic heterocycles. The molecule has 0 saturated heterocycles. The van der Waals surface area contributed by atoms with Crippen molar-refractivity contribution in [2.45, 2.75) is 13.8 Å². The molecule has 0 radical (unpaired) electrons. The molecule has 0 spiro atoms. The van der Waals surface area contributed by atoms with Gasteiger partial charge >= 0.3 is 11.9 Å². The van der Waals surface area contributed by atoms with Gasteiger partial charge in [0.05, 0.1) is 18.2 Å². The summed E-state index contributed by atoms with van der Waals surface area (Å²) >= 11 is 0. The minimum absolute atomic E-state index is 0.257. The van der Waals surface area contributed by atoms with Crippen LogP contribution in [0.3, 0.4) is 0 Å². The number of esters is 2. The van der Waals surface area contributed by atoms with Crippen molar-refractivity contribution in [3.05, 3.63) is 41.0 Å². The maximum Gasteiger partial charge on any atom is 0.344 e. The van der Waals surface area contributed by atoms with Crippen LogP contribution < -0.4 is 0 Å². The monoisotopic (exact) mass is 232 g/mol. The lowest BCUT2D eigenvalue weighted by atomic mass is 10.1. The van der Waals surface area contributed by atoms with Crippen LogP contribution in [0.1, 0.15) is 28.4 Å². The highest BCUT2D eigenvalue weighted by Crippen LogP contribution is 2.30. The summed E-state index contributed by atoms with van der Waals surface area (Å²) in [5.74, 6) is -0.688. The number of hydrogen-bond acceptors (Lipinski definition) is 4. The maximum atomic E-state index is 11.5. The van der Waals surface area contributed by atoms with Crippen LogP contribution in [0.5, 0.6) is 0 Å². The number of cyclic esters (lactones) is 1. The van der Waals surface area contributed by atoms with Crippen molar-refractivity contribution in [1.29, 1.82) is 0 Å². The van der Waals surface area contributed by atoms with Crippen LogP contribution in [-0.4, -0.2) is 18.5 Å². The molecule has 1 aromatic carbocycles. The summed E-state index contributed by atoms with van der Waals surface area (Å²) in [5.41, 5.74) is 2.12. The third-order valence-corrected chi connectivity index (χ3v) is 2.40. The molecule has 0 atom stereocenters. The summed E-state index contributed by atoms with van der Waals surface area (Å²) in [6.07, 6.45) is 1.20. The van der Waals surface area contributed by atoms with Crippen LogP contribution in [-0.2, 0) is 14.3 Å². The summed E-state index contributed by atoms with van der Waals surface area (Å²) in [6.45, 7) is 3.91. The molecule has 1 aliphatic heterocycles. The van der Waals surface area contributed by atoms with E-state index < -0.39 is 11.9 Å². The van der Waals surface area contributed by atoms with Gasteiger partial charge in [0.1, 0.15) is 5.76 Å². The standard InChI is InChI=1S/C13H12O4/c1-3-16-12(14)7-11-10-6-8(2)4-5-9(10)13(15)17-11/h4-7H,3H2,1-2H3/b11-7-. The minimum Gasteiger partial charge on any atom is -0.463 e. The van der Waals surface area contributed by atoms with E-state index in [4.69, 9.17) is 9.47 Å². The van der Waals surface area contributed by atoms with Gasteiger partial charge in [0.15, 0.2) is 0 Å². The predicted molar refractivity (Wildman–Crippen MR) is 61.2 cm³/mol. The summed E-state index contributed by atoms with van der Waals surface area (Å²) in [4.78, 5) is 22.8. The summed E-state index contributed by atoms with van der Waals surface area (Å²) in [5, 5.41) is 0. The predicted octanol–water partition coefficient (Wildman–Crippen LogP) is 2.07. The first-order valence-electron chi connectivity index (χ1n) is 5.33. The molecule has 0 aliphatic carbocycles. The Morgan fingerprint density at radius 2 is 2.18 bits per heavy atom. The van der Waals surface area contributed by atoms with E-state index in [0.717, 1.165) is 5.56 Å². The van der Waals surface area contributed by atoms with E-state index in [1.54, 1.807) is 13.0 Å². The van der Waals surface area contributed by atoms with Crippen molar-refractivity contribution in [2.75, 3.05) is 6.61 Å². The molecule has 0 bridgehead atoms. The van der Waals surface area contributed by atoms with Crippen molar-refractivity contribution >= 4 is 17.7 Å². The van der Waals surface area contributed by atoms with Crippen LogP contribution in [0.2, 0.25) is 0 Å². The average molecular weight is 232 g/mol. The minimum atomic E-state index is -0.510. The number of carbonyl (C=O) groups excluding carboxylic acids is 2. The van der Waals surface area contributed by atoms with Crippen LogP contribution >= 0.6 is 0 Å². The van der Waals surface area contributed by atoms with Gasteiger partial charge in [-0.15, -0.1) is 0 Å². The van der Waals surface area contributed by atoms with Crippen molar-refractivity contribution in [2.24, 2.45) is 0 Å². The highest BCUT2D eigenvalue weighted by molar-refractivity contribution is 6.06. The molecule has 88 valence electrons. The van der Waals surface area contributed by atoms with Crippen molar-refractivity contribution < 1.29 is 19.1 Å². The Hall–Kier alpha value is -2.10. The van der Waals surface area contributed by atoms with Gasteiger partial charge in [-0.3, -0.25) is 0 Å². The lowest BCUT2D eigenvalue weighted by Crippen LogP contribution is -2.01. The highest BCUT2D eigenvalue weighted by Gasteiger charge is 2.27. The molecule has 1 heterocycles. The molecule has 1 aromatic rings. The molecule has 4 nitrogen and oxygen atoms in total. The number of ether oxygens (including phenoxy) is 2. The normalized spacial score (nSPS) is 15.6. The van der Waals surface area contributed by atoms with Gasteiger partial charge in [0.2, 0.25) is 0 Å². The summed E-state index contributed by atoms with van der Waals surface area (Å²) < 4.78 is 9.80. The molecule has 4 heteroatoms. The zero-order valence-electron chi connectivity index (χ0n) is 9.65. The molecule has 0 N–H and O–H groups in total. The molecule has 0 fully saturated rings. The van der Waals surface area contributed by atoms with Gasteiger partial charge in [0.25, 0.3) is 0 Å². The van der Waals surface area contributed by atoms with Crippen molar-refractivity contribution in [1.82, 2.24) is 0 Å². The lowest BCUT2D eigenvalue weighted by molar-refractivity contribution is -0.137. The Bertz CT molecular complexity index is 514. The molecular weight excluding hydrogens is 220 g/mol. The highest BCUT2D eigenvalue weighted by atomic mass is 16.6. The first kappa shape index (κ1) is 11.4. The Morgan fingerprint density at radius 3 is 2.88 bits per heavy atom. The van der Waals surface area contributed by atoms with E-state index in [0.29, 0.717) is 11.1 Å². The van der Waals surface area contributed by atoms with Crippen molar-refractivity contribution in [3.8, 4) is 0 Å². The summed E-state index contributed by atoms with van der Waals surface area (Å²) in [6, 6.07) is 5.33. The van der Waals surface area contributed by atoms with E-state index in [1.165, 1.54) is 6.08 Å². The Labute approximate surface area is 98.8 Å². The second-order valence-corrected chi connectivity index (χ2v) is 3.70. The Morgan fingerprint density at radius 1 is 1.41 bits per heavy atom. The Kier molecular flexibility index (Phi) is 2.95. The molecule has 1 aliphatic rings. The van der Waals surface area contributed by atoms with E-state index in [-0.39, 0.29) is 12.4 Å². The van der Waals surface area contributed by atoms with Gasteiger partial charge in [-0.2, -0.15) is 0 Å². The second kappa shape index (κ2) is 4.41. The average Bonchev–Trinajstić information content (AvgIpc) is 2.55. The number of benzene rings is 1. The lowest BCUT2D eigenvalue weighted by Gasteiger charge is -2.00. The fourth-order valence-electron chi connectivity index (χ4n) is 1.65. The third-order valence-electron chi connectivity index (χ3n) is 2.40. The first-order valence-corrected chi connectivity index (χ1v) is 5.33. The second-order valence-electron chi connectivity index (χ2n) is 3.70. The van der Waals surface area contributed by atoms with E-state index in [1.807, 2.05) is 19.1 Å². The molecule has 2 rings (SSSR count). The van der Waals surface area contributed by atoms with Gasteiger partial charge in [0, 0.05) is 5.56 Å². The third kappa shape index (κ3) is 2.20. The number of fused-ring (bicyclic) bond motifs is 1. The fraction of sp³-hybridized carbons (Fsp3) is 0.231. The molecule has 17 heavy (non-hydrogen) atoms. The van der Waals surface area contributed by atoms with E-state index >= 15 is 0 Å². The quantitative estimate of drug-likeness (QED) is 0.578. The number of hydrogen-bond donors (Lipinski definition) is 0. The van der Waals surface area contributed by atoms with E-state index in [2.05, 4.69) is 0 Å². The molecular formula is C13H12O4. The SMILES string of the molecule is CCOC(=O)/C=C1\OC(=O)c2ccc(C)cc21. The topological polar surface area (TPSA) is 52.6 Å². The molecule has 0 saturated carbocycles. The zero-order chi connectivity index (χ0) is 12.4. The fourth-order valence-corrected chi connectivity index (χ4v) is 1.65. The molecule has 0 unspecified atom stereocenters. The zero-order valence-corrected chi connectivity index (χ0v) is 9.65. The van der Waals surface area contributed by atoms with Crippen molar-refractivity contribution in [3.63, 3.8) is 0 Å². The van der Waals surface area contributed by atoms with Crippen LogP contribution in [0.15, 0.2) is 24.3 Å². The molecule has 0 amide bonds. The number of aryl methyl sites for hydroxylation is 1. The van der Waals surface area contributed by atoms with Gasteiger partial charge < -0.3 is 9.47 Å². The number of carbonyl (C=O) groups is 2. The number of rotatable bonds is 2. The van der Waals surface area contributed by atoms with Crippen LogP contribution in [0, 0.1) is 6.92 Å². The van der Waals surface area contributed by atoms with Gasteiger partial charge in [-0.05, 0) is 26.0 Å². The van der Waals surface area contributed by atoms with Crippen LogP contribution in [0.4, 0.5) is 0 Å². The summed E-state index contributed by atoms with van der Waals surface area (Å²) in [7, 11) is 0.